The largest absolute Gasteiger partial charge is 0.271 e. The van der Waals surface area contributed by atoms with Gasteiger partial charge in [-0.25, -0.2) is 18.6 Å². The van der Waals surface area contributed by atoms with E-state index in [0.717, 1.165) is 18.2 Å². The summed E-state index contributed by atoms with van der Waals surface area (Å²) in [5, 5.41) is 0. The maximum absolute atomic E-state index is 13.7. The Hall–Kier alpha value is -1.85. The van der Waals surface area contributed by atoms with E-state index >= 15 is 0 Å². The molecule has 19 heavy (non-hydrogen) atoms. The van der Waals surface area contributed by atoms with Crippen molar-refractivity contribution in [3.63, 3.8) is 0 Å². The number of hydrazine groups is 1. The van der Waals surface area contributed by atoms with Crippen LogP contribution in [0.4, 0.5) is 13.2 Å². The van der Waals surface area contributed by atoms with Crippen LogP contribution in [0.3, 0.4) is 0 Å². The number of hydrogen-bond donors (Lipinski definition) is 2. The third-order valence-electron chi connectivity index (χ3n) is 2.96. The molecule has 2 nitrogen and oxygen atoms in total. The van der Waals surface area contributed by atoms with Crippen LogP contribution >= 0.6 is 0 Å². The van der Waals surface area contributed by atoms with Crippen LogP contribution in [0.15, 0.2) is 36.4 Å². The first-order chi connectivity index (χ1) is 9.02. The van der Waals surface area contributed by atoms with Crippen LogP contribution in [0.25, 0.3) is 0 Å². The molecule has 0 amide bonds. The van der Waals surface area contributed by atoms with Gasteiger partial charge >= 0.3 is 0 Å². The van der Waals surface area contributed by atoms with Crippen molar-refractivity contribution >= 4 is 0 Å². The zero-order valence-corrected chi connectivity index (χ0v) is 10.3. The quantitative estimate of drug-likeness (QED) is 0.662. The molecule has 0 saturated heterocycles. The molecule has 0 saturated carbocycles. The summed E-state index contributed by atoms with van der Waals surface area (Å²) in [6.45, 7) is 1.62. The van der Waals surface area contributed by atoms with Gasteiger partial charge in [-0.3, -0.25) is 5.84 Å². The lowest BCUT2D eigenvalue weighted by atomic mass is 9.97. The third-order valence-corrected chi connectivity index (χ3v) is 2.96. The van der Waals surface area contributed by atoms with Crippen molar-refractivity contribution in [3.8, 4) is 0 Å². The molecule has 5 heteroatoms. The Morgan fingerprint density at radius 2 is 1.74 bits per heavy atom. The highest BCUT2D eigenvalue weighted by atomic mass is 19.1. The maximum atomic E-state index is 13.7. The fourth-order valence-corrected chi connectivity index (χ4v) is 1.89. The average Bonchev–Trinajstić information content (AvgIpc) is 2.38. The zero-order valence-electron chi connectivity index (χ0n) is 10.3. The van der Waals surface area contributed by atoms with Crippen LogP contribution in [0.1, 0.15) is 22.7 Å². The molecular formula is C14H13F3N2. The maximum Gasteiger partial charge on any atom is 0.128 e. The molecule has 1 unspecified atom stereocenters. The molecule has 2 aromatic carbocycles. The Kier molecular flexibility index (Phi) is 3.87. The first-order valence-corrected chi connectivity index (χ1v) is 5.70. The number of nitrogens with one attached hydrogen (secondary N) is 1. The molecule has 0 heterocycles. The highest BCUT2D eigenvalue weighted by Crippen LogP contribution is 2.25. The number of rotatable bonds is 3. The van der Waals surface area contributed by atoms with Gasteiger partial charge < -0.3 is 0 Å². The molecule has 1 atom stereocenters. The summed E-state index contributed by atoms with van der Waals surface area (Å²) in [5.41, 5.74) is 3.31. The highest BCUT2D eigenvalue weighted by molar-refractivity contribution is 5.34. The molecule has 0 fully saturated rings. The van der Waals surface area contributed by atoms with E-state index in [-0.39, 0.29) is 5.56 Å². The molecule has 0 aliphatic rings. The van der Waals surface area contributed by atoms with Crippen molar-refractivity contribution < 1.29 is 13.2 Å². The van der Waals surface area contributed by atoms with Gasteiger partial charge in [0, 0.05) is 5.56 Å². The lowest BCUT2D eigenvalue weighted by Gasteiger charge is -2.18. The summed E-state index contributed by atoms with van der Waals surface area (Å²) in [6.07, 6.45) is 0. The number of halogens is 3. The molecule has 0 bridgehead atoms. The number of benzene rings is 2. The van der Waals surface area contributed by atoms with Gasteiger partial charge in [0.2, 0.25) is 0 Å². The topological polar surface area (TPSA) is 38.0 Å². The van der Waals surface area contributed by atoms with Gasteiger partial charge in [-0.1, -0.05) is 12.1 Å². The minimum atomic E-state index is -0.814. The summed E-state index contributed by atoms with van der Waals surface area (Å²) in [7, 11) is 0. The minimum absolute atomic E-state index is 0.0331. The van der Waals surface area contributed by atoms with E-state index in [0.29, 0.717) is 11.1 Å². The molecule has 0 spiro atoms. The van der Waals surface area contributed by atoms with Gasteiger partial charge in [-0.05, 0) is 42.3 Å². The van der Waals surface area contributed by atoms with Crippen LogP contribution in [0.2, 0.25) is 0 Å². The number of hydrogen-bond acceptors (Lipinski definition) is 2. The SMILES string of the molecule is Cc1ccc(C(NN)c2cc(F)ccc2F)cc1F. The van der Waals surface area contributed by atoms with Crippen molar-refractivity contribution in [2.75, 3.05) is 0 Å². The third kappa shape index (κ3) is 2.77. The first kappa shape index (κ1) is 13.6. The molecule has 2 rings (SSSR count). The van der Waals surface area contributed by atoms with Crippen LogP contribution in [-0.2, 0) is 0 Å². The lowest BCUT2D eigenvalue weighted by molar-refractivity contribution is 0.542. The van der Waals surface area contributed by atoms with Crippen LogP contribution in [0, 0.1) is 24.4 Å². The van der Waals surface area contributed by atoms with Crippen molar-refractivity contribution in [2.24, 2.45) is 5.84 Å². The minimum Gasteiger partial charge on any atom is -0.271 e. The highest BCUT2D eigenvalue weighted by Gasteiger charge is 2.18. The Morgan fingerprint density at radius 1 is 1.00 bits per heavy atom. The zero-order chi connectivity index (χ0) is 14.0. The van der Waals surface area contributed by atoms with Crippen molar-refractivity contribution in [1.82, 2.24) is 5.43 Å². The Morgan fingerprint density at radius 3 is 2.37 bits per heavy atom. The molecular weight excluding hydrogens is 253 g/mol. The molecule has 100 valence electrons. The molecule has 2 aromatic rings. The second-order valence-corrected chi connectivity index (χ2v) is 4.27. The predicted molar refractivity (Wildman–Crippen MR) is 66.7 cm³/mol. The van der Waals surface area contributed by atoms with Gasteiger partial charge in [0.15, 0.2) is 0 Å². The van der Waals surface area contributed by atoms with E-state index in [9.17, 15) is 13.2 Å². The van der Waals surface area contributed by atoms with Crippen LogP contribution in [-0.4, -0.2) is 0 Å². The normalized spacial score (nSPS) is 12.5. The van der Waals surface area contributed by atoms with Crippen LogP contribution < -0.4 is 11.3 Å². The lowest BCUT2D eigenvalue weighted by Crippen LogP contribution is -2.29. The van der Waals surface area contributed by atoms with Gasteiger partial charge in [-0.2, -0.15) is 0 Å². The molecule has 0 aromatic heterocycles. The van der Waals surface area contributed by atoms with Gasteiger partial charge in [0.1, 0.15) is 17.5 Å². The summed E-state index contributed by atoms with van der Waals surface area (Å²) < 4.78 is 40.4. The van der Waals surface area contributed by atoms with Crippen molar-refractivity contribution in [1.29, 1.82) is 0 Å². The van der Waals surface area contributed by atoms with Crippen molar-refractivity contribution in [3.05, 3.63) is 70.5 Å². The van der Waals surface area contributed by atoms with Gasteiger partial charge in [0.05, 0.1) is 6.04 Å². The van der Waals surface area contributed by atoms with E-state index in [4.69, 9.17) is 5.84 Å². The smallest absolute Gasteiger partial charge is 0.128 e. The van der Waals surface area contributed by atoms with Gasteiger partial charge in [-0.15, -0.1) is 0 Å². The second-order valence-electron chi connectivity index (χ2n) is 4.27. The summed E-state index contributed by atoms with van der Waals surface area (Å²) in [6, 6.07) is 6.69. The standard InChI is InChI=1S/C14H13F3N2/c1-8-2-3-9(6-13(8)17)14(19-18)11-7-10(15)4-5-12(11)16/h2-7,14,19H,18H2,1H3. The Balaban J connectivity index is 2.49. The predicted octanol–water partition coefficient (Wildman–Crippen LogP) is 2.97. The Bertz CT molecular complexity index is 599. The fourth-order valence-electron chi connectivity index (χ4n) is 1.89. The van der Waals surface area contributed by atoms with E-state index in [2.05, 4.69) is 5.43 Å². The average molecular weight is 266 g/mol. The van der Waals surface area contributed by atoms with Crippen molar-refractivity contribution in [2.45, 2.75) is 13.0 Å². The summed E-state index contributed by atoms with van der Waals surface area (Å²) in [4.78, 5) is 0. The number of nitrogens with two attached hydrogens (primary N) is 1. The van der Waals surface area contributed by atoms with E-state index in [1.54, 1.807) is 19.1 Å². The summed E-state index contributed by atoms with van der Waals surface area (Å²) >= 11 is 0. The molecule has 0 aliphatic heterocycles. The fraction of sp³-hybridized carbons (Fsp3) is 0.143. The Labute approximate surface area is 109 Å². The van der Waals surface area contributed by atoms with E-state index in [1.807, 2.05) is 0 Å². The first-order valence-electron chi connectivity index (χ1n) is 5.70. The van der Waals surface area contributed by atoms with Gasteiger partial charge in [0.25, 0.3) is 0 Å². The van der Waals surface area contributed by atoms with Crippen LogP contribution in [0.5, 0.6) is 0 Å². The monoisotopic (exact) mass is 266 g/mol. The molecule has 0 aliphatic carbocycles. The molecule has 3 N–H and O–H groups in total. The number of aryl methyl sites for hydroxylation is 1. The van der Waals surface area contributed by atoms with E-state index in [1.165, 1.54) is 6.07 Å². The van der Waals surface area contributed by atoms with E-state index < -0.39 is 23.5 Å². The summed E-state index contributed by atoms with van der Waals surface area (Å²) in [5.74, 6) is 3.78. The second kappa shape index (κ2) is 5.42. The molecule has 0 radical (unpaired) electrons.